The predicted molar refractivity (Wildman–Crippen MR) is 99.6 cm³/mol. The van der Waals surface area contributed by atoms with Gasteiger partial charge in [0.2, 0.25) is 0 Å². The van der Waals surface area contributed by atoms with E-state index in [1.165, 1.54) is 0 Å². The van der Waals surface area contributed by atoms with Gasteiger partial charge in [0.1, 0.15) is 17.4 Å². The van der Waals surface area contributed by atoms with Crippen molar-refractivity contribution in [1.29, 1.82) is 5.26 Å². The van der Waals surface area contributed by atoms with Gasteiger partial charge < -0.3 is 19.1 Å². The maximum absolute atomic E-state index is 12.3. The molecule has 0 aromatic heterocycles. The second kappa shape index (κ2) is 7.75. The number of nitriles is 1. The minimum Gasteiger partial charge on any atom is -0.495 e. The molecule has 0 N–H and O–H groups in total. The second-order valence-electron chi connectivity index (χ2n) is 7.97. The van der Waals surface area contributed by atoms with Crippen molar-refractivity contribution >= 4 is 6.09 Å². The Morgan fingerprint density at radius 3 is 2.74 bits per heavy atom. The van der Waals surface area contributed by atoms with Crippen LogP contribution in [0.2, 0.25) is 0 Å². The van der Waals surface area contributed by atoms with Gasteiger partial charge in [0.05, 0.1) is 31.4 Å². The van der Waals surface area contributed by atoms with E-state index in [2.05, 4.69) is 11.0 Å². The van der Waals surface area contributed by atoms with E-state index >= 15 is 0 Å². The lowest BCUT2D eigenvalue weighted by Crippen LogP contribution is -2.59. The van der Waals surface area contributed by atoms with Crippen LogP contribution in [0.25, 0.3) is 0 Å². The molecule has 146 valence electrons. The maximum Gasteiger partial charge on any atom is 0.410 e. The highest BCUT2D eigenvalue weighted by molar-refractivity contribution is 5.68. The fourth-order valence-electron chi connectivity index (χ4n) is 3.48. The third kappa shape index (κ3) is 4.52. The molecule has 0 radical (unpaired) electrons. The molecule has 7 heteroatoms. The van der Waals surface area contributed by atoms with E-state index in [0.29, 0.717) is 31.0 Å². The average molecular weight is 373 g/mol. The number of morpholine rings is 1. The highest BCUT2D eigenvalue weighted by atomic mass is 16.6. The fourth-order valence-corrected chi connectivity index (χ4v) is 3.48. The van der Waals surface area contributed by atoms with Crippen molar-refractivity contribution in [2.45, 2.75) is 38.5 Å². The van der Waals surface area contributed by atoms with Crippen LogP contribution >= 0.6 is 0 Å². The molecule has 0 unspecified atom stereocenters. The SMILES string of the molecule is COc1cc([C@@H]2CN3CCN(C(=O)OC(C)(C)C)C[C@H]3CO2)ccc1C#N. The van der Waals surface area contributed by atoms with Gasteiger partial charge in [0, 0.05) is 26.2 Å². The number of carbonyl (C=O) groups is 1. The standard InChI is InChI=1S/C20H27N3O4/c1-20(2,3)27-19(24)23-8-7-22-12-18(26-13-16(22)11-23)14-5-6-15(10-21)17(9-14)25-4/h5-6,9,16,18H,7-8,11-13H2,1-4H3/t16-,18-/m0/s1. The van der Waals surface area contributed by atoms with Crippen LogP contribution in [-0.2, 0) is 9.47 Å². The van der Waals surface area contributed by atoms with Crippen LogP contribution in [0.4, 0.5) is 4.79 Å². The molecule has 0 aliphatic carbocycles. The Morgan fingerprint density at radius 1 is 1.30 bits per heavy atom. The van der Waals surface area contributed by atoms with Gasteiger partial charge in [-0.1, -0.05) is 6.07 Å². The van der Waals surface area contributed by atoms with Crippen molar-refractivity contribution in [1.82, 2.24) is 9.80 Å². The van der Waals surface area contributed by atoms with Gasteiger partial charge in [-0.15, -0.1) is 0 Å². The first-order chi connectivity index (χ1) is 12.8. The summed E-state index contributed by atoms with van der Waals surface area (Å²) in [5, 5.41) is 9.13. The number of piperazine rings is 1. The normalized spacial score (nSPS) is 23.3. The van der Waals surface area contributed by atoms with Gasteiger partial charge in [-0.3, -0.25) is 4.90 Å². The molecule has 2 aliphatic rings. The van der Waals surface area contributed by atoms with E-state index in [-0.39, 0.29) is 18.2 Å². The summed E-state index contributed by atoms with van der Waals surface area (Å²) in [4.78, 5) is 16.4. The Morgan fingerprint density at radius 2 is 2.07 bits per heavy atom. The number of benzene rings is 1. The summed E-state index contributed by atoms with van der Waals surface area (Å²) < 4.78 is 16.9. The number of nitrogens with zero attached hydrogens (tertiary/aromatic N) is 3. The van der Waals surface area contributed by atoms with E-state index in [1.54, 1.807) is 18.1 Å². The highest BCUT2D eigenvalue weighted by Gasteiger charge is 2.36. The Balaban J connectivity index is 1.63. The molecule has 0 spiro atoms. The number of carbonyl (C=O) groups excluding carboxylic acids is 1. The van der Waals surface area contributed by atoms with Crippen molar-refractivity contribution in [3.05, 3.63) is 29.3 Å². The molecule has 1 amide bonds. The zero-order valence-corrected chi connectivity index (χ0v) is 16.4. The van der Waals surface area contributed by atoms with Crippen LogP contribution in [0.1, 0.15) is 38.0 Å². The van der Waals surface area contributed by atoms with Crippen LogP contribution in [0.3, 0.4) is 0 Å². The summed E-state index contributed by atoms with van der Waals surface area (Å²) >= 11 is 0. The monoisotopic (exact) mass is 373 g/mol. The van der Waals surface area contributed by atoms with Gasteiger partial charge in [-0.2, -0.15) is 5.26 Å². The average Bonchev–Trinajstić information content (AvgIpc) is 2.65. The number of fused-ring (bicyclic) bond motifs is 1. The third-order valence-corrected chi connectivity index (χ3v) is 4.86. The van der Waals surface area contributed by atoms with Crippen molar-refractivity contribution in [3.63, 3.8) is 0 Å². The Bertz CT molecular complexity index is 738. The summed E-state index contributed by atoms with van der Waals surface area (Å²) in [5.74, 6) is 0.565. The first kappa shape index (κ1) is 19.5. The van der Waals surface area contributed by atoms with Gasteiger partial charge >= 0.3 is 6.09 Å². The lowest BCUT2D eigenvalue weighted by Gasteiger charge is -2.46. The van der Waals surface area contributed by atoms with Gasteiger partial charge in [-0.25, -0.2) is 4.79 Å². The molecule has 2 heterocycles. The molecule has 27 heavy (non-hydrogen) atoms. The van der Waals surface area contributed by atoms with E-state index in [9.17, 15) is 4.79 Å². The third-order valence-electron chi connectivity index (χ3n) is 4.86. The number of rotatable bonds is 2. The first-order valence-electron chi connectivity index (χ1n) is 9.22. The zero-order chi connectivity index (χ0) is 19.6. The van der Waals surface area contributed by atoms with Crippen molar-refractivity contribution in [2.75, 3.05) is 39.9 Å². The molecule has 7 nitrogen and oxygen atoms in total. The molecular formula is C20H27N3O4. The lowest BCUT2D eigenvalue weighted by molar-refractivity contribution is -0.0906. The minimum atomic E-state index is -0.489. The van der Waals surface area contributed by atoms with Crippen molar-refractivity contribution in [2.24, 2.45) is 0 Å². The second-order valence-corrected chi connectivity index (χ2v) is 7.97. The number of methoxy groups -OCH3 is 1. The van der Waals surface area contributed by atoms with Crippen LogP contribution < -0.4 is 4.74 Å². The van der Waals surface area contributed by atoms with E-state index in [0.717, 1.165) is 18.7 Å². The molecule has 0 saturated carbocycles. The van der Waals surface area contributed by atoms with Crippen LogP contribution in [-0.4, -0.2) is 67.4 Å². The molecule has 2 aliphatic heterocycles. The van der Waals surface area contributed by atoms with Crippen LogP contribution in [0.15, 0.2) is 18.2 Å². The molecule has 3 rings (SSSR count). The van der Waals surface area contributed by atoms with Gasteiger partial charge in [0.25, 0.3) is 0 Å². The van der Waals surface area contributed by atoms with Gasteiger partial charge in [0.15, 0.2) is 0 Å². The minimum absolute atomic E-state index is 0.0732. The Kier molecular flexibility index (Phi) is 5.59. The highest BCUT2D eigenvalue weighted by Crippen LogP contribution is 2.30. The van der Waals surface area contributed by atoms with E-state index < -0.39 is 5.60 Å². The largest absolute Gasteiger partial charge is 0.495 e. The number of hydrogen-bond acceptors (Lipinski definition) is 6. The summed E-state index contributed by atoms with van der Waals surface area (Å²) in [6.45, 7) is 8.97. The number of amides is 1. The molecule has 1 aromatic rings. The zero-order valence-electron chi connectivity index (χ0n) is 16.4. The topological polar surface area (TPSA) is 75.0 Å². The quantitative estimate of drug-likeness (QED) is 0.793. The summed E-state index contributed by atoms with van der Waals surface area (Å²) in [6, 6.07) is 7.86. The summed E-state index contributed by atoms with van der Waals surface area (Å²) in [5.41, 5.74) is 1.02. The summed E-state index contributed by atoms with van der Waals surface area (Å²) in [7, 11) is 1.56. The molecule has 2 fully saturated rings. The van der Waals surface area contributed by atoms with E-state index in [1.807, 2.05) is 32.9 Å². The van der Waals surface area contributed by atoms with E-state index in [4.69, 9.17) is 19.5 Å². The molecule has 0 bridgehead atoms. The number of hydrogen-bond donors (Lipinski definition) is 0. The summed E-state index contributed by atoms with van der Waals surface area (Å²) in [6.07, 6.45) is -0.336. The van der Waals surface area contributed by atoms with Gasteiger partial charge in [-0.05, 0) is 38.5 Å². The molecular weight excluding hydrogens is 346 g/mol. The lowest BCUT2D eigenvalue weighted by atomic mass is 10.0. The maximum atomic E-state index is 12.3. The van der Waals surface area contributed by atoms with Crippen molar-refractivity contribution < 1.29 is 19.0 Å². The van der Waals surface area contributed by atoms with Crippen molar-refractivity contribution in [3.8, 4) is 11.8 Å². The smallest absolute Gasteiger partial charge is 0.410 e. The Hall–Kier alpha value is -2.30. The molecule has 2 saturated heterocycles. The fraction of sp³-hybridized carbons (Fsp3) is 0.600. The molecule has 2 atom stereocenters. The van der Waals surface area contributed by atoms with Crippen LogP contribution in [0.5, 0.6) is 5.75 Å². The molecule has 1 aromatic carbocycles. The predicted octanol–water partition coefficient (Wildman–Crippen LogP) is 2.56. The van der Waals surface area contributed by atoms with Crippen LogP contribution in [0, 0.1) is 11.3 Å². The Labute approximate surface area is 160 Å². The number of ether oxygens (including phenoxy) is 3. The first-order valence-corrected chi connectivity index (χ1v) is 9.22.